The van der Waals surface area contributed by atoms with Crippen LogP contribution in [0.4, 0.5) is 17.1 Å². The minimum absolute atomic E-state index is 0.0758. The van der Waals surface area contributed by atoms with Crippen molar-refractivity contribution in [2.24, 2.45) is 5.92 Å². The number of methoxy groups -OCH3 is 1. The Morgan fingerprint density at radius 2 is 2.00 bits per heavy atom. The number of hydrogen-bond acceptors (Lipinski definition) is 7. The van der Waals surface area contributed by atoms with Gasteiger partial charge in [0.05, 0.1) is 16.5 Å². The normalized spacial score (nSPS) is 18.6. The van der Waals surface area contributed by atoms with E-state index in [4.69, 9.17) is 4.74 Å². The van der Waals surface area contributed by atoms with Gasteiger partial charge in [-0.2, -0.15) is 0 Å². The molecule has 9 heteroatoms. The molecule has 0 spiro atoms. The van der Waals surface area contributed by atoms with E-state index >= 15 is 0 Å². The first-order valence-corrected chi connectivity index (χ1v) is 11.2. The lowest BCUT2D eigenvalue weighted by atomic mass is 9.90. The molecule has 0 saturated heterocycles. The first-order valence-electron chi connectivity index (χ1n) is 9.55. The summed E-state index contributed by atoms with van der Waals surface area (Å²) in [5.74, 6) is 1.28. The highest BCUT2D eigenvalue weighted by atomic mass is 79.9. The van der Waals surface area contributed by atoms with Crippen molar-refractivity contribution < 1.29 is 9.66 Å². The fourth-order valence-corrected chi connectivity index (χ4v) is 5.38. The third-order valence-corrected chi connectivity index (χ3v) is 7.07. The van der Waals surface area contributed by atoms with E-state index in [1.165, 1.54) is 5.56 Å². The fourth-order valence-electron chi connectivity index (χ4n) is 3.90. The van der Waals surface area contributed by atoms with Crippen LogP contribution < -0.4 is 9.64 Å². The Bertz CT molecular complexity index is 1090. The lowest BCUT2D eigenvalue weighted by molar-refractivity contribution is -0.384. The van der Waals surface area contributed by atoms with Gasteiger partial charge in [-0.25, -0.2) is 0 Å². The number of fused-ring (bicyclic) bond motifs is 1. The fraction of sp³-hybridized carbons (Fsp3) is 0.333. The third kappa shape index (κ3) is 3.91. The second kappa shape index (κ2) is 8.31. The van der Waals surface area contributed by atoms with Crippen molar-refractivity contribution >= 4 is 44.3 Å². The van der Waals surface area contributed by atoms with Crippen LogP contribution in [0.15, 0.2) is 40.9 Å². The van der Waals surface area contributed by atoms with E-state index in [0.717, 1.165) is 38.0 Å². The van der Waals surface area contributed by atoms with Gasteiger partial charge in [0.1, 0.15) is 15.8 Å². The summed E-state index contributed by atoms with van der Waals surface area (Å²) in [4.78, 5) is 12.9. The van der Waals surface area contributed by atoms with Crippen LogP contribution >= 0.6 is 27.3 Å². The second-order valence-electron chi connectivity index (χ2n) is 7.45. The van der Waals surface area contributed by atoms with E-state index in [-0.39, 0.29) is 16.5 Å². The number of aromatic nitrogens is 2. The van der Waals surface area contributed by atoms with Crippen molar-refractivity contribution in [2.75, 3.05) is 18.6 Å². The van der Waals surface area contributed by atoms with Gasteiger partial charge in [0.15, 0.2) is 0 Å². The van der Waals surface area contributed by atoms with Crippen LogP contribution in [0, 0.1) is 23.0 Å². The van der Waals surface area contributed by atoms with Gasteiger partial charge in [-0.1, -0.05) is 6.92 Å². The van der Waals surface area contributed by atoms with Gasteiger partial charge in [-0.3, -0.25) is 10.1 Å². The van der Waals surface area contributed by atoms with Gasteiger partial charge < -0.3 is 9.64 Å². The number of nitro groups is 1. The molecule has 3 aromatic rings. The highest BCUT2D eigenvalue weighted by Crippen LogP contribution is 2.44. The number of non-ortho nitro benzene ring substituents is 1. The van der Waals surface area contributed by atoms with Crippen LogP contribution in [0.1, 0.15) is 28.4 Å². The summed E-state index contributed by atoms with van der Waals surface area (Å²) >= 11 is 5.24. The molecule has 156 valence electrons. The van der Waals surface area contributed by atoms with Crippen molar-refractivity contribution in [3.63, 3.8) is 0 Å². The lowest BCUT2D eigenvalue weighted by Crippen LogP contribution is -2.25. The number of benzene rings is 2. The number of anilines is 2. The molecule has 1 aliphatic rings. The van der Waals surface area contributed by atoms with E-state index in [0.29, 0.717) is 12.5 Å². The summed E-state index contributed by atoms with van der Waals surface area (Å²) in [6.45, 7) is 4.90. The van der Waals surface area contributed by atoms with Gasteiger partial charge in [0, 0.05) is 42.0 Å². The van der Waals surface area contributed by atoms with Crippen LogP contribution in [0.25, 0.3) is 0 Å². The standard InChI is InChI=1S/C21H21BrN4O3S/c1-12-8-14-9-18(22)20(29-3)10-19(14)25(11-17(12)21-24-23-13(2)30-21)15-4-6-16(7-5-15)26(27)28/h4-7,9-10,12,17H,8,11H2,1-3H3. The predicted octanol–water partition coefficient (Wildman–Crippen LogP) is 5.64. The molecule has 0 radical (unpaired) electrons. The molecule has 1 aliphatic heterocycles. The maximum Gasteiger partial charge on any atom is 0.269 e. The number of ether oxygens (including phenoxy) is 1. The molecule has 1 aromatic heterocycles. The molecule has 2 unspecified atom stereocenters. The Balaban J connectivity index is 1.84. The van der Waals surface area contributed by atoms with E-state index in [1.807, 2.05) is 13.0 Å². The van der Waals surface area contributed by atoms with E-state index in [2.05, 4.69) is 44.0 Å². The molecule has 0 bridgehead atoms. The van der Waals surface area contributed by atoms with Crippen LogP contribution in [0.3, 0.4) is 0 Å². The van der Waals surface area contributed by atoms with Gasteiger partial charge in [0.25, 0.3) is 5.69 Å². The maximum absolute atomic E-state index is 11.1. The monoisotopic (exact) mass is 488 g/mol. The smallest absolute Gasteiger partial charge is 0.269 e. The number of nitro benzene ring substituents is 1. The molecule has 0 aliphatic carbocycles. The molecule has 0 N–H and O–H groups in total. The average Bonchev–Trinajstić information content (AvgIpc) is 3.09. The van der Waals surface area contributed by atoms with Gasteiger partial charge in [0.2, 0.25) is 0 Å². The topological polar surface area (TPSA) is 81.4 Å². The number of aryl methyl sites for hydroxylation is 1. The van der Waals surface area contributed by atoms with Crippen LogP contribution in [0.2, 0.25) is 0 Å². The van der Waals surface area contributed by atoms with Gasteiger partial charge in [-0.15, -0.1) is 21.5 Å². The van der Waals surface area contributed by atoms with Crippen molar-refractivity contribution in [1.82, 2.24) is 10.2 Å². The van der Waals surface area contributed by atoms with Crippen LogP contribution in [-0.2, 0) is 6.42 Å². The first kappa shape index (κ1) is 20.7. The highest BCUT2D eigenvalue weighted by molar-refractivity contribution is 9.10. The Labute approximate surface area is 187 Å². The minimum Gasteiger partial charge on any atom is -0.495 e. The third-order valence-electron chi connectivity index (χ3n) is 5.48. The number of hydrogen-bond donors (Lipinski definition) is 0. The first-order chi connectivity index (χ1) is 14.4. The zero-order chi connectivity index (χ0) is 21.4. The van der Waals surface area contributed by atoms with E-state index in [9.17, 15) is 10.1 Å². The van der Waals surface area contributed by atoms with Crippen LogP contribution in [-0.4, -0.2) is 28.8 Å². The van der Waals surface area contributed by atoms with Crippen molar-refractivity contribution in [3.05, 3.63) is 66.6 Å². The molecule has 2 aromatic carbocycles. The van der Waals surface area contributed by atoms with Crippen molar-refractivity contribution in [3.8, 4) is 5.75 Å². The van der Waals surface area contributed by atoms with Gasteiger partial charge >= 0.3 is 0 Å². The molecular formula is C21H21BrN4O3S. The molecule has 30 heavy (non-hydrogen) atoms. The molecule has 7 nitrogen and oxygen atoms in total. The maximum atomic E-state index is 11.1. The summed E-state index contributed by atoms with van der Waals surface area (Å²) < 4.78 is 6.45. The Morgan fingerprint density at radius 3 is 2.60 bits per heavy atom. The Hall–Kier alpha value is -2.52. The van der Waals surface area contributed by atoms with E-state index < -0.39 is 0 Å². The Kier molecular flexibility index (Phi) is 5.75. The van der Waals surface area contributed by atoms with Crippen LogP contribution in [0.5, 0.6) is 5.75 Å². The molecule has 2 heterocycles. The molecule has 0 amide bonds. The van der Waals surface area contributed by atoms with Gasteiger partial charge in [-0.05, 0) is 59.0 Å². The molecule has 0 saturated carbocycles. The number of rotatable bonds is 4. The largest absolute Gasteiger partial charge is 0.495 e. The summed E-state index contributed by atoms with van der Waals surface area (Å²) in [5.41, 5.74) is 3.20. The van der Waals surface area contributed by atoms with E-state index in [1.54, 1.807) is 42.7 Å². The SMILES string of the molecule is COc1cc2c(cc1Br)CC(C)C(c1nnc(C)s1)CN2c1ccc([N+](=O)[O-])cc1. The summed E-state index contributed by atoms with van der Waals surface area (Å²) in [6, 6.07) is 10.8. The molecule has 2 atom stereocenters. The summed E-state index contributed by atoms with van der Waals surface area (Å²) in [7, 11) is 1.65. The molecular weight excluding hydrogens is 468 g/mol. The quantitative estimate of drug-likeness (QED) is 0.349. The summed E-state index contributed by atoms with van der Waals surface area (Å²) in [6.07, 6.45) is 0.880. The second-order valence-corrected chi connectivity index (χ2v) is 9.51. The predicted molar refractivity (Wildman–Crippen MR) is 121 cm³/mol. The lowest BCUT2D eigenvalue weighted by Gasteiger charge is -2.28. The Morgan fingerprint density at radius 1 is 1.27 bits per heavy atom. The molecule has 4 rings (SSSR count). The zero-order valence-electron chi connectivity index (χ0n) is 16.8. The summed E-state index contributed by atoms with van der Waals surface area (Å²) in [5, 5.41) is 21.7. The average molecular weight is 489 g/mol. The number of nitrogens with zero attached hydrogens (tertiary/aromatic N) is 4. The van der Waals surface area contributed by atoms with Crippen molar-refractivity contribution in [2.45, 2.75) is 26.2 Å². The van der Waals surface area contributed by atoms with Crippen molar-refractivity contribution in [1.29, 1.82) is 0 Å². The zero-order valence-corrected chi connectivity index (χ0v) is 19.2. The minimum atomic E-state index is -0.380. The molecule has 0 fully saturated rings. The highest BCUT2D eigenvalue weighted by Gasteiger charge is 2.32. The number of halogens is 1.